The lowest BCUT2D eigenvalue weighted by molar-refractivity contribution is -0.124. The first-order chi connectivity index (χ1) is 11.6. The molecule has 0 spiro atoms. The number of fused-ring (bicyclic) bond motifs is 2. The van der Waals surface area contributed by atoms with E-state index in [1.807, 2.05) is 19.2 Å². The zero-order chi connectivity index (χ0) is 17.0. The maximum absolute atomic E-state index is 12.5. The number of aromatic nitrogens is 1. The second-order valence-electron chi connectivity index (χ2n) is 7.10. The molecule has 126 valence electrons. The summed E-state index contributed by atoms with van der Waals surface area (Å²) in [5, 5.41) is 3.19. The van der Waals surface area contributed by atoms with Crippen molar-refractivity contribution < 1.29 is 4.79 Å². The average molecular weight is 322 g/mol. The van der Waals surface area contributed by atoms with Gasteiger partial charge in [-0.1, -0.05) is 43.7 Å². The first-order valence-electron chi connectivity index (χ1n) is 8.88. The van der Waals surface area contributed by atoms with Crippen LogP contribution in [0.5, 0.6) is 0 Å². The number of nitrogens with zero attached hydrogens (tertiary/aromatic N) is 1. The molecule has 0 saturated carbocycles. The van der Waals surface area contributed by atoms with Gasteiger partial charge in [-0.15, -0.1) is 0 Å². The molecule has 2 atom stereocenters. The van der Waals surface area contributed by atoms with Crippen LogP contribution in [-0.2, 0) is 16.6 Å². The molecule has 3 nitrogen and oxygen atoms in total. The first kappa shape index (κ1) is 16.7. The van der Waals surface area contributed by atoms with Gasteiger partial charge < -0.3 is 5.32 Å². The molecule has 1 aliphatic heterocycles. The van der Waals surface area contributed by atoms with Crippen molar-refractivity contribution in [3.8, 4) is 0 Å². The van der Waals surface area contributed by atoms with Crippen molar-refractivity contribution in [2.75, 3.05) is 6.54 Å². The number of benzene rings is 1. The van der Waals surface area contributed by atoms with Gasteiger partial charge in [-0.25, -0.2) is 0 Å². The van der Waals surface area contributed by atoms with Gasteiger partial charge in [0.15, 0.2) is 0 Å². The van der Waals surface area contributed by atoms with E-state index in [2.05, 4.69) is 53.6 Å². The number of nitrogens with one attached hydrogen (secondary N) is 1. The van der Waals surface area contributed by atoms with Gasteiger partial charge in [0.2, 0.25) is 5.91 Å². The van der Waals surface area contributed by atoms with Crippen LogP contribution >= 0.6 is 0 Å². The second kappa shape index (κ2) is 7.16. The van der Waals surface area contributed by atoms with Crippen molar-refractivity contribution >= 4 is 5.91 Å². The fourth-order valence-electron chi connectivity index (χ4n) is 3.46. The summed E-state index contributed by atoms with van der Waals surface area (Å²) in [6.45, 7) is 4.83. The van der Waals surface area contributed by atoms with Gasteiger partial charge in [-0.3, -0.25) is 9.78 Å². The summed E-state index contributed by atoms with van der Waals surface area (Å²) < 4.78 is 0. The third kappa shape index (κ3) is 3.50. The minimum atomic E-state index is -0.256. The Bertz CT molecular complexity index is 698. The lowest BCUT2D eigenvalue weighted by Crippen LogP contribution is -2.41. The summed E-state index contributed by atoms with van der Waals surface area (Å²) in [6.07, 6.45) is 5.97. The van der Waals surface area contributed by atoms with Gasteiger partial charge in [0, 0.05) is 29.8 Å². The van der Waals surface area contributed by atoms with Crippen LogP contribution < -0.4 is 5.32 Å². The molecular formula is C21H26N2O. The van der Waals surface area contributed by atoms with E-state index < -0.39 is 0 Å². The molecule has 2 heterocycles. The number of carbonyl (C=O) groups excluding carboxylic acids is 1. The minimum Gasteiger partial charge on any atom is -0.355 e. The van der Waals surface area contributed by atoms with Gasteiger partial charge in [-0.2, -0.15) is 0 Å². The predicted octanol–water partition coefficient (Wildman–Crippen LogP) is 3.87. The van der Waals surface area contributed by atoms with E-state index in [-0.39, 0.29) is 17.2 Å². The fraction of sp³-hybridized carbons (Fsp3) is 0.429. The Labute approximate surface area is 144 Å². The number of hydrogen-bond donors (Lipinski definition) is 1. The van der Waals surface area contributed by atoms with E-state index in [4.69, 9.17) is 0 Å². The molecule has 2 aromatic rings. The number of carbonyl (C=O) groups is 1. The van der Waals surface area contributed by atoms with E-state index >= 15 is 0 Å². The summed E-state index contributed by atoms with van der Waals surface area (Å²) in [6, 6.07) is 14.7. The monoisotopic (exact) mass is 322 g/mol. The smallest absolute Gasteiger partial charge is 0.222 e. The Morgan fingerprint density at radius 1 is 1.12 bits per heavy atom. The molecule has 1 N–H and O–H groups in total. The highest BCUT2D eigenvalue weighted by Crippen LogP contribution is 2.32. The lowest BCUT2D eigenvalue weighted by atomic mass is 9.76. The quantitative estimate of drug-likeness (QED) is 0.866. The van der Waals surface area contributed by atoms with Crippen molar-refractivity contribution in [2.45, 2.75) is 44.9 Å². The molecule has 0 saturated heterocycles. The third-order valence-corrected chi connectivity index (χ3v) is 5.25. The Morgan fingerprint density at radius 2 is 1.92 bits per heavy atom. The van der Waals surface area contributed by atoms with Crippen LogP contribution in [0.1, 0.15) is 49.9 Å². The largest absolute Gasteiger partial charge is 0.355 e. The molecule has 1 aromatic carbocycles. The van der Waals surface area contributed by atoms with Crippen molar-refractivity contribution in [1.82, 2.24) is 10.3 Å². The van der Waals surface area contributed by atoms with E-state index in [9.17, 15) is 4.79 Å². The SMILES string of the molecule is CC1CCCCc2cc(ccn2)C(C)(c2ccccc2)CNC1=O. The number of pyridine rings is 1. The summed E-state index contributed by atoms with van der Waals surface area (Å²) in [5.74, 6) is 0.225. The molecular weight excluding hydrogens is 296 g/mol. The van der Waals surface area contributed by atoms with E-state index in [1.165, 1.54) is 11.1 Å². The Hall–Kier alpha value is -2.16. The topological polar surface area (TPSA) is 42.0 Å². The van der Waals surface area contributed by atoms with Crippen molar-refractivity contribution in [2.24, 2.45) is 5.92 Å². The second-order valence-corrected chi connectivity index (χ2v) is 7.10. The van der Waals surface area contributed by atoms with Crippen LogP contribution in [0, 0.1) is 5.92 Å². The van der Waals surface area contributed by atoms with Crippen molar-refractivity contribution in [3.63, 3.8) is 0 Å². The highest BCUT2D eigenvalue weighted by Gasteiger charge is 2.30. The number of aryl methyl sites for hydroxylation is 1. The number of rotatable bonds is 1. The molecule has 1 aromatic heterocycles. The molecule has 0 fully saturated rings. The molecule has 2 unspecified atom stereocenters. The third-order valence-electron chi connectivity index (χ3n) is 5.25. The first-order valence-corrected chi connectivity index (χ1v) is 8.88. The zero-order valence-corrected chi connectivity index (χ0v) is 14.6. The van der Waals surface area contributed by atoms with Crippen molar-refractivity contribution in [1.29, 1.82) is 0 Å². The van der Waals surface area contributed by atoms with Gasteiger partial charge >= 0.3 is 0 Å². The minimum absolute atomic E-state index is 0.0655. The maximum Gasteiger partial charge on any atom is 0.222 e. The standard InChI is InChI=1S/C21H26N2O/c1-16-8-6-7-11-19-14-18(12-13-22-19)21(2,15-23-20(16)24)17-9-4-3-5-10-17/h3-5,9-10,12-14,16H,6-8,11,15H2,1-2H3,(H,23,24). The van der Waals surface area contributed by atoms with E-state index in [0.717, 1.165) is 31.4 Å². The predicted molar refractivity (Wildman–Crippen MR) is 96.9 cm³/mol. The summed E-state index contributed by atoms with van der Waals surface area (Å²) in [5.41, 5.74) is 3.32. The molecule has 0 radical (unpaired) electrons. The summed E-state index contributed by atoms with van der Waals surface area (Å²) in [7, 11) is 0. The lowest BCUT2D eigenvalue weighted by Gasteiger charge is -2.32. The molecule has 1 amide bonds. The molecule has 24 heavy (non-hydrogen) atoms. The van der Waals surface area contributed by atoms with Crippen LogP contribution in [0.25, 0.3) is 0 Å². The summed E-state index contributed by atoms with van der Waals surface area (Å²) >= 11 is 0. The van der Waals surface area contributed by atoms with Gasteiger partial charge in [0.25, 0.3) is 0 Å². The van der Waals surface area contributed by atoms with Crippen LogP contribution in [0.2, 0.25) is 0 Å². The average Bonchev–Trinajstić information content (AvgIpc) is 2.63. The van der Waals surface area contributed by atoms with Crippen LogP contribution in [0.15, 0.2) is 48.7 Å². The molecule has 2 bridgehead atoms. The highest BCUT2D eigenvalue weighted by atomic mass is 16.1. The zero-order valence-electron chi connectivity index (χ0n) is 14.6. The normalized spacial score (nSPS) is 25.2. The number of hydrogen-bond acceptors (Lipinski definition) is 2. The van der Waals surface area contributed by atoms with Gasteiger partial charge in [-0.05, 0) is 49.4 Å². The highest BCUT2D eigenvalue weighted by molar-refractivity contribution is 5.78. The van der Waals surface area contributed by atoms with E-state index in [1.54, 1.807) is 0 Å². The Morgan fingerprint density at radius 3 is 2.71 bits per heavy atom. The van der Waals surface area contributed by atoms with E-state index in [0.29, 0.717) is 6.54 Å². The maximum atomic E-state index is 12.5. The molecule has 0 aliphatic carbocycles. The van der Waals surface area contributed by atoms with Gasteiger partial charge in [0.1, 0.15) is 0 Å². The molecule has 3 heteroatoms. The van der Waals surface area contributed by atoms with Crippen LogP contribution in [0.3, 0.4) is 0 Å². The Balaban J connectivity index is 2.03. The molecule has 3 rings (SSSR count). The van der Waals surface area contributed by atoms with Crippen molar-refractivity contribution in [3.05, 3.63) is 65.5 Å². The number of amides is 1. The van der Waals surface area contributed by atoms with Crippen LogP contribution in [0.4, 0.5) is 0 Å². The summed E-state index contributed by atoms with van der Waals surface area (Å²) in [4.78, 5) is 17.0. The van der Waals surface area contributed by atoms with Crippen LogP contribution in [-0.4, -0.2) is 17.4 Å². The molecule has 1 aliphatic rings. The fourth-order valence-corrected chi connectivity index (χ4v) is 3.46. The van der Waals surface area contributed by atoms with Gasteiger partial charge in [0.05, 0.1) is 0 Å². The Kier molecular flexibility index (Phi) is 4.98.